The van der Waals surface area contributed by atoms with E-state index in [1.54, 1.807) is 30.3 Å². The first-order valence-corrected chi connectivity index (χ1v) is 7.33. The number of halogens is 1. The number of allylic oxidation sites excluding steroid dienone is 1. The third-order valence-corrected chi connectivity index (χ3v) is 3.45. The highest BCUT2D eigenvalue weighted by Gasteiger charge is 2.03. The predicted molar refractivity (Wildman–Crippen MR) is 87.4 cm³/mol. The molecule has 3 heteroatoms. The summed E-state index contributed by atoms with van der Waals surface area (Å²) < 4.78 is 0. The molecule has 21 heavy (non-hydrogen) atoms. The SMILES string of the molecule is CCN(C=CC(=O)c1ccc(Cl)cc1)Cc1ccccc1. The molecule has 0 atom stereocenters. The molecule has 0 spiro atoms. The summed E-state index contributed by atoms with van der Waals surface area (Å²) in [6, 6.07) is 17.1. The Morgan fingerprint density at radius 2 is 1.76 bits per heavy atom. The molecule has 2 aromatic rings. The van der Waals surface area contributed by atoms with Crippen molar-refractivity contribution in [2.45, 2.75) is 13.5 Å². The zero-order valence-electron chi connectivity index (χ0n) is 12.0. The Kier molecular flexibility index (Phi) is 5.59. The summed E-state index contributed by atoms with van der Waals surface area (Å²) in [5.41, 5.74) is 1.87. The molecular weight excluding hydrogens is 282 g/mol. The van der Waals surface area contributed by atoms with Gasteiger partial charge >= 0.3 is 0 Å². The third kappa shape index (κ3) is 4.76. The molecule has 2 aromatic carbocycles. The van der Waals surface area contributed by atoms with Gasteiger partial charge < -0.3 is 4.90 Å². The summed E-state index contributed by atoms with van der Waals surface area (Å²) in [5.74, 6) is -0.0156. The van der Waals surface area contributed by atoms with E-state index in [4.69, 9.17) is 11.6 Å². The Balaban J connectivity index is 2.00. The molecule has 0 saturated heterocycles. The molecule has 0 bridgehead atoms. The number of hydrogen-bond acceptors (Lipinski definition) is 2. The second-order valence-electron chi connectivity index (χ2n) is 4.74. The number of nitrogens with zero attached hydrogens (tertiary/aromatic N) is 1. The Morgan fingerprint density at radius 1 is 1.10 bits per heavy atom. The molecule has 0 aliphatic heterocycles. The number of ketones is 1. The van der Waals surface area contributed by atoms with Gasteiger partial charge in [0.05, 0.1) is 0 Å². The lowest BCUT2D eigenvalue weighted by Crippen LogP contribution is -2.16. The summed E-state index contributed by atoms with van der Waals surface area (Å²) in [6.07, 6.45) is 3.46. The molecule has 0 N–H and O–H groups in total. The summed E-state index contributed by atoms with van der Waals surface area (Å²) in [6.45, 7) is 3.71. The van der Waals surface area contributed by atoms with Gasteiger partial charge in [0.2, 0.25) is 0 Å². The van der Waals surface area contributed by atoms with Crippen molar-refractivity contribution in [2.24, 2.45) is 0 Å². The Hall–Kier alpha value is -2.06. The smallest absolute Gasteiger partial charge is 0.187 e. The van der Waals surface area contributed by atoms with Crippen LogP contribution in [0.1, 0.15) is 22.8 Å². The fourth-order valence-electron chi connectivity index (χ4n) is 1.97. The Bertz CT molecular complexity index is 605. The average molecular weight is 300 g/mol. The largest absolute Gasteiger partial charge is 0.373 e. The first kappa shape index (κ1) is 15.3. The van der Waals surface area contributed by atoms with Crippen LogP contribution in [0.4, 0.5) is 0 Å². The summed E-state index contributed by atoms with van der Waals surface area (Å²) in [4.78, 5) is 14.2. The number of benzene rings is 2. The molecule has 2 rings (SSSR count). The van der Waals surface area contributed by atoms with Crippen LogP contribution in [0.25, 0.3) is 0 Å². The normalized spacial score (nSPS) is 10.8. The number of rotatable bonds is 6. The minimum Gasteiger partial charge on any atom is -0.373 e. The fourth-order valence-corrected chi connectivity index (χ4v) is 2.10. The number of hydrogen-bond donors (Lipinski definition) is 0. The maximum absolute atomic E-state index is 12.1. The van der Waals surface area contributed by atoms with Crippen molar-refractivity contribution in [2.75, 3.05) is 6.54 Å². The van der Waals surface area contributed by atoms with Crippen molar-refractivity contribution < 1.29 is 4.79 Å². The van der Waals surface area contributed by atoms with Gasteiger partial charge in [-0.1, -0.05) is 41.9 Å². The molecule has 0 unspecified atom stereocenters. The van der Waals surface area contributed by atoms with Gasteiger partial charge in [-0.15, -0.1) is 0 Å². The Morgan fingerprint density at radius 3 is 2.38 bits per heavy atom. The molecule has 0 saturated carbocycles. The molecule has 0 aromatic heterocycles. The Labute approximate surface area is 130 Å². The van der Waals surface area contributed by atoms with Crippen LogP contribution in [0.15, 0.2) is 66.9 Å². The molecular formula is C18H18ClNO. The van der Waals surface area contributed by atoms with E-state index in [-0.39, 0.29) is 5.78 Å². The fraction of sp³-hybridized carbons (Fsp3) is 0.167. The zero-order valence-corrected chi connectivity index (χ0v) is 12.8. The highest BCUT2D eigenvalue weighted by molar-refractivity contribution is 6.30. The van der Waals surface area contributed by atoms with Crippen LogP contribution in [0.3, 0.4) is 0 Å². The molecule has 108 valence electrons. The van der Waals surface area contributed by atoms with Gasteiger partial charge in [-0.3, -0.25) is 4.79 Å². The average Bonchev–Trinajstić information content (AvgIpc) is 2.52. The minimum absolute atomic E-state index is 0.0156. The van der Waals surface area contributed by atoms with Gasteiger partial charge in [0.15, 0.2) is 5.78 Å². The highest BCUT2D eigenvalue weighted by Crippen LogP contribution is 2.11. The predicted octanol–water partition coefficient (Wildman–Crippen LogP) is 4.56. The zero-order chi connectivity index (χ0) is 15.1. The molecule has 2 nitrogen and oxygen atoms in total. The first-order valence-electron chi connectivity index (χ1n) is 6.95. The van der Waals surface area contributed by atoms with Gasteiger partial charge in [-0.2, -0.15) is 0 Å². The summed E-state index contributed by atoms with van der Waals surface area (Å²) in [7, 11) is 0. The molecule has 0 amide bonds. The van der Waals surface area contributed by atoms with E-state index < -0.39 is 0 Å². The van der Waals surface area contributed by atoms with Crippen molar-refractivity contribution in [3.8, 4) is 0 Å². The number of carbonyl (C=O) groups is 1. The first-order chi connectivity index (χ1) is 10.2. The maximum atomic E-state index is 12.1. The lowest BCUT2D eigenvalue weighted by molar-refractivity contribution is 0.104. The summed E-state index contributed by atoms with van der Waals surface area (Å²) in [5, 5.41) is 0.634. The van der Waals surface area contributed by atoms with E-state index in [1.165, 1.54) is 5.56 Å². The second-order valence-corrected chi connectivity index (χ2v) is 5.17. The molecule has 0 aliphatic rings. The molecule has 0 radical (unpaired) electrons. The third-order valence-electron chi connectivity index (χ3n) is 3.20. The lowest BCUT2D eigenvalue weighted by atomic mass is 10.1. The van der Waals surface area contributed by atoms with Crippen LogP contribution in [0.5, 0.6) is 0 Å². The van der Waals surface area contributed by atoms with Crippen molar-refractivity contribution >= 4 is 17.4 Å². The van der Waals surface area contributed by atoms with Gasteiger partial charge in [-0.05, 0) is 36.8 Å². The van der Waals surface area contributed by atoms with E-state index in [0.29, 0.717) is 10.6 Å². The van der Waals surface area contributed by atoms with E-state index in [1.807, 2.05) is 24.4 Å². The monoisotopic (exact) mass is 299 g/mol. The molecule has 0 aliphatic carbocycles. The van der Waals surface area contributed by atoms with Gasteiger partial charge in [0.25, 0.3) is 0 Å². The standard InChI is InChI=1S/C18H18ClNO/c1-2-20(14-15-6-4-3-5-7-15)13-12-18(21)16-8-10-17(19)11-9-16/h3-13H,2,14H2,1H3. The summed E-state index contributed by atoms with van der Waals surface area (Å²) >= 11 is 5.82. The van der Waals surface area contributed by atoms with E-state index in [2.05, 4.69) is 24.0 Å². The van der Waals surface area contributed by atoms with Crippen LogP contribution in [-0.2, 0) is 6.54 Å². The molecule has 0 fully saturated rings. The van der Waals surface area contributed by atoms with E-state index in [0.717, 1.165) is 13.1 Å². The van der Waals surface area contributed by atoms with Crippen molar-refractivity contribution in [1.82, 2.24) is 4.90 Å². The van der Waals surface area contributed by atoms with Crippen LogP contribution in [-0.4, -0.2) is 17.2 Å². The number of carbonyl (C=O) groups excluding carboxylic acids is 1. The van der Waals surface area contributed by atoms with E-state index in [9.17, 15) is 4.79 Å². The van der Waals surface area contributed by atoms with Gasteiger partial charge in [0, 0.05) is 36.0 Å². The van der Waals surface area contributed by atoms with Crippen molar-refractivity contribution in [3.05, 3.63) is 83.0 Å². The van der Waals surface area contributed by atoms with Gasteiger partial charge in [-0.25, -0.2) is 0 Å². The van der Waals surface area contributed by atoms with Gasteiger partial charge in [0.1, 0.15) is 0 Å². The van der Waals surface area contributed by atoms with Crippen molar-refractivity contribution in [3.63, 3.8) is 0 Å². The van der Waals surface area contributed by atoms with E-state index >= 15 is 0 Å². The second kappa shape index (κ2) is 7.65. The van der Waals surface area contributed by atoms with Crippen LogP contribution in [0, 0.1) is 0 Å². The highest BCUT2D eigenvalue weighted by atomic mass is 35.5. The van der Waals surface area contributed by atoms with Crippen molar-refractivity contribution in [1.29, 1.82) is 0 Å². The van der Waals surface area contributed by atoms with Crippen LogP contribution >= 0.6 is 11.6 Å². The topological polar surface area (TPSA) is 20.3 Å². The maximum Gasteiger partial charge on any atom is 0.187 e. The van der Waals surface area contributed by atoms with Crippen LogP contribution < -0.4 is 0 Å². The molecule has 0 heterocycles. The van der Waals surface area contributed by atoms with Crippen LogP contribution in [0.2, 0.25) is 5.02 Å². The quantitative estimate of drug-likeness (QED) is 0.576. The lowest BCUT2D eigenvalue weighted by Gasteiger charge is -2.18. The minimum atomic E-state index is -0.0156.